The van der Waals surface area contributed by atoms with E-state index in [4.69, 9.17) is 10.5 Å². The number of hydrogen-bond donors (Lipinski definition) is 4. The van der Waals surface area contributed by atoms with Crippen molar-refractivity contribution in [2.45, 2.75) is 0 Å². The summed E-state index contributed by atoms with van der Waals surface area (Å²) in [5.41, 5.74) is 6.13. The number of benzene rings is 1. The van der Waals surface area contributed by atoms with Crippen molar-refractivity contribution >= 4 is 35.1 Å². The van der Waals surface area contributed by atoms with E-state index in [-0.39, 0.29) is 17.2 Å². The second kappa shape index (κ2) is 10.0. The molecule has 0 aliphatic rings. The lowest BCUT2D eigenvalue weighted by atomic mass is 10.1. The summed E-state index contributed by atoms with van der Waals surface area (Å²) in [4.78, 5) is 39.2. The van der Waals surface area contributed by atoms with Gasteiger partial charge >= 0.3 is 6.09 Å². The number of carbonyl (C=O) groups is 3. The highest BCUT2D eigenvalue weighted by Gasteiger charge is 2.19. The predicted octanol–water partition coefficient (Wildman–Crippen LogP) is 0.418. The van der Waals surface area contributed by atoms with Crippen LogP contribution in [0.1, 0.15) is 10.5 Å². The minimum absolute atomic E-state index is 0.00439. The fraction of sp³-hybridized carbons (Fsp3) is 0.211. The number of aromatic nitrogens is 5. The van der Waals surface area contributed by atoms with E-state index in [2.05, 4.69) is 41.0 Å². The number of nitrogens with zero attached hydrogens (tertiary/aromatic N) is 5. The Morgan fingerprint density at radius 2 is 1.97 bits per heavy atom. The molecule has 0 saturated heterocycles. The van der Waals surface area contributed by atoms with Crippen molar-refractivity contribution in [2.24, 2.45) is 12.8 Å². The molecule has 0 spiro atoms. The van der Waals surface area contributed by atoms with Gasteiger partial charge in [0.15, 0.2) is 29.7 Å². The highest BCUT2D eigenvalue weighted by molar-refractivity contribution is 5.99. The van der Waals surface area contributed by atoms with Gasteiger partial charge in [0, 0.05) is 20.2 Å². The maximum Gasteiger partial charge on any atom is 0.405 e. The number of anilines is 3. The number of amides is 3. The lowest BCUT2D eigenvalue weighted by Gasteiger charge is -2.16. The van der Waals surface area contributed by atoms with Crippen LogP contribution in [0.25, 0.3) is 11.4 Å². The van der Waals surface area contributed by atoms with Gasteiger partial charge in [-0.05, 0) is 12.1 Å². The van der Waals surface area contributed by atoms with Crippen molar-refractivity contribution < 1.29 is 23.9 Å². The molecular formula is C19H21N9O5. The summed E-state index contributed by atoms with van der Waals surface area (Å²) in [5, 5.41) is 20.0. The quantitative estimate of drug-likeness (QED) is 0.370. The molecule has 3 rings (SSSR count). The Kier molecular flexibility index (Phi) is 6.97. The van der Waals surface area contributed by atoms with Gasteiger partial charge in [0.05, 0.1) is 24.0 Å². The average Bonchev–Trinajstić information content (AvgIpc) is 3.23. The van der Waals surface area contributed by atoms with E-state index in [1.165, 1.54) is 20.2 Å². The number of aryl methyl sites for hydroxylation is 1. The molecule has 3 aromatic rings. The Labute approximate surface area is 187 Å². The van der Waals surface area contributed by atoms with Crippen LogP contribution < -0.4 is 26.4 Å². The van der Waals surface area contributed by atoms with Crippen molar-refractivity contribution in [3.05, 3.63) is 36.3 Å². The highest BCUT2D eigenvalue weighted by atomic mass is 16.5. The maximum atomic E-state index is 12.3. The third-order valence-electron chi connectivity index (χ3n) is 4.18. The summed E-state index contributed by atoms with van der Waals surface area (Å²) in [5.74, 6) is -0.336. The van der Waals surface area contributed by atoms with Crippen molar-refractivity contribution in [2.75, 3.05) is 31.4 Å². The van der Waals surface area contributed by atoms with Crippen LogP contribution in [-0.4, -0.2) is 63.6 Å². The number of ether oxygens (including phenoxy) is 2. The summed E-state index contributed by atoms with van der Waals surface area (Å²) in [6, 6.07) is 6.66. The number of hydrogen-bond acceptors (Lipinski definition) is 10. The van der Waals surface area contributed by atoms with Crippen molar-refractivity contribution in [1.29, 1.82) is 0 Å². The molecule has 14 nitrogen and oxygen atoms in total. The largest absolute Gasteiger partial charge is 0.494 e. The molecule has 2 aromatic heterocycles. The molecule has 0 atom stereocenters. The van der Waals surface area contributed by atoms with Crippen molar-refractivity contribution in [3.8, 4) is 17.1 Å². The molecule has 0 saturated carbocycles. The molecule has 3 amide bonds. The molecule has 14 heteroatoms. The van der Waals surface area contributed by atoms with Gasteiger partial charge in [-0.1, -0.05) is 6.07 Å². The topological polar surface area (TPSA) is 188 Å². The number of methoxy groups -OCH3 is 1. The monoisotopic (exact) mass is 455 g/mol. The summed E-state index contributed by atoms with van der Waals surface area (Å²) < 4.78 is 11.6. The summed E-state index contributed by atoms with van der Waals surface area (Å²) in [7, 11) is 4.67. The van der Waals surface area contributed by atoms with E-state index in [1.54, 1.807) is 36.3 Å². The maximum absolute atomic E-state index is 12.3. The first kappa shape index (κ1) is 22.9. The van der Waals surface area contributed by atoms with Gasteiger partial charge in [-0.15, -0.1) is 10.2 Å². The SMILES string of the molecule is CNC(=O)c1nnc(NC(=O)COC(N)=O)cc1Nc1cccc(-c2ncn(C)n2)c1OC. The van der Waals surface area contributed by atoms with Gasteiger partial charge in [0.2, 0.25) is 0 Å². The molecule has 0 radical (unpaired) electrons. The number of para-hydroxylation sites is 1. The van der Waals surface area contributed by atoms with E-state index in [0.717, 1.165) is 0 Å². The minimum atomic E-state index is -1.09. The van der Waals surface area contributed by atoms with E-state index >= 15 is 0 Å². The fourth-order valence-corrected chi connectivity index (χ4v) is 2.79. The molecule has 0 bridgehead atoms. The number of carbonyl (C=O) groups excluding carboxylic acids is 3. The standard InChI is InChI=1S/C19H21N9O5/c1-21-18(30)15-12(7-13(25-26-15)24-14(29)8-33-19(20)31)23-11-6-4-5-10(16(11)32-3)17-22-9-28(2)27-17/h4-7,9H,8H2,1-3H3,(H2,20,31)(H,21,30)(H2,23,24,25,29). The van der Waals surface area contributed by atoms with Crippen molar-refractivity contribution in [3.63, 3.8) is 0 Å². The van der Waals surface area contributed by atoms with E-state index < -0.39 is 24.5 Å². The lowest BCUT2D eigenvalue weighted by Crippen LogP contribution is -2.25. The van der Waals surface area contributed by atoms with Crippen LogP contribution in [0.2, 0.25) is 0 Å². The lowest BCUT2D eigenvalue weighted by molar-refractivity contribution is -0.118. The third kappa shape index (κ3) is 5.49. The number of primary amides is 1. The van der Waals surface area contributed by atoms with Crippen LogP contribution in [0, 0.1) is 0 Å². The molecule has 0 aliphatic heterocycles. The van der Waals surface area contributed by atoms with E-state index in [0.29, 0.717) is 22.8 Å². The molecule has 33 heavy (non-hydrogen) atoms. The first-order valence-electron chi connectivity index (χ1n) is 9.44. The van der Waals surface area contributed by atoms with Gasteiger partial charge in [-0.25, -0.2) is 9.78 Å². The second-order valence-electron chi connectivity index (χ2n) is 6.48. The van der Waals surface area contributed by atoms with E-state index in [9.17, 15) is 14.4 Å². The molecular weight excluding hydrogens is 434 g/mol. The van der Waals surface area contributed by atoms with Crippen molar-refractivity contribution in [1.82, 2.24) is 30.3 Å². The first-order chi connectivity index (χ1) is 15.8. The Balaban J connectivity index is 1.96. The van der Waals surface area contributed by atoms with Crippen LogP contribution in [0.4, 0.5) is 22.0 Å². The van der Waals surface area contributed by atoms with Crippen LogP contribution in [0.15, 0.2) is 30.6 Å². The molecule has 0 unspecified atom stereocenters. The number of nitrogens with two attached hydrogens (primary N) is 1. The minimum Gasteiger partial charge on any atom is -0.494 e. The molecule has 172 valence electrons. The van der Waals surface area contributed by atoms with Gasteiger partial charge in [0.25, 0.3) is 11.8 Å². The van der Waals surface area contributed by atoms with Gasteiger partial charge in [0.1, 0.15) is 6.33 Å². The van der Waals surface area contributed by atoms with Crippen LogP contribution in [0.5, 0.6) is 5.75 Å². The molecule has 0 aliphatic carbocycles. The van der Waals surface area contributed by atoms with Crippen LogP contribution in [-0.2, 0) is 16.6 Å². The van der Waals surface area contributed by atoms with Gasteiger partial charge in [-0.2, -0.15) is 5.10 Å². The number of rotatable bonds is 8. The van der Waals surface area contributed by atoms with Crippen LogP contribution >= 0.6 is 0 Å². The molecule has 5 N–H and O–H groups in total. The average molecular weight is 455 g/mol. The zero-order valence-electron chi connectivity index (χ0n) is 17.9. The third-order valence-corrected chi connectivity index (χ3v) is 4.18. The molecule has 1 aromatic carbocycles. The Morgan fingerprint density at radius 1 is 1.18 bits per heavy atom. The second-order valence-corrected chi connectivity index (χ2v) is 6.48. The summed E-state index contributed by atoms with van der Waals surface area (Å²) in [6.45, 7) is -0.607. The normalized spacial score (nSPS) is 10.3. The fourth-order valence-electron chi connectivity index (χ4n) is 2.79. The van der Waals surface area contributed by atoms with Gasteiger partial charge in [-0.3, -0.25) is 14.3 Å². The van der Waals surface area contributed by atoms with Crippen LogP contribution in [0.3, 0.4) is 0 Å². The zero-order valence-corrected chi connectivity index (χ0v) is 17.9. The smallest absolute Gasteiger partial charge is 0.405 e. The highest BCUT2D eigenvalue weighted by Crippen LogP contribution is 2.37. The molecule has 0 fully saturated rings. The predicted molar refractivity (Wildman–Crippen MR) is 116 cm³/mol. The summed E-state index contributed by atoms with van der Waals surface area (Å²) in [6.07, 6.45) is 0.463. The Hall–Kier alpha value is -4.75. The van der Waals surface area contributed by atoms with Gasteiger partial charge < -0.3 is 31.2 Å². The molecule has 2 heterocycles. The first-order valence-corrected chi connectivity index (χ1v) is 9.44. The van der Waals surface area contributed by atoms with E-state index in [1.807, 2.05) is 0 Å². The zero-order chi connectivity index (χ0) is 24.0. The Bertz CT molecular complexity index is 1190. The summed E-state index contributed by atoms with van der Waals surface area (Å²) >= 11 is 0. The Morgan fingerprint density at radius 3 is 2.61 bits per heavy atom. The number of nitrogens with one attached hydrogen (secondary N) is 3.